The van der Waals surface area contributed by atoms with Gasteiger partial charge >= 0.3 is 0 Å². The molecule has 3 saturated carbocycles. The molecule has 2 N–H and O–H groups in total. The zero-order valence-corrected chi connectivity index (χ0v) is 45.8. The minimum Gasteiger partial charge on any atom is -0.465 e. The summed E-state index contributed by atoms with van der Waals surface area (Å²) in [6, 6.07) is 25.8. The van der Waals surface area contributed by atoms with Crippen molar-refractivity contribution < 1.29 is 9.53 Å². The SMILES string of the molecule is C=CCN1C(=O)C2=C(NC1SC)c1ccccc1CC21CCCCC1.C=CCn1c(=S)[nH]c2c(c1=O)C1(CCCCC1)Cc1ccccc1-2.C=CCn1c(OCC)nc2c(c1=O)C1(CCCCC1)Cc1ccccc1-2. The molecule has 1 atom stereocenters. The van der Waals surface area contributed by atoms with Crippen molar-refractivity contribution in [2.45, 2.75) is 152 Å². The number of carbonyl (C=O) groups is 1. The molecule has 3 spiro atoms. The number of fused-ring (bicyclic) bond motifs is 11. The molecular weight excluding hydrogens is 969 g/mol. The summed E-state index contributed by atoms with van der Waals surface area (Å²) < 4.78 is 9.53. The number of aromatic amines is 1. The van der Waals surface area contributed by atoms with Crippen molar-refractivity contribution in [1.82, 2.24) is 29.3 Å². The van der Waals surface area contributed by atoms with Crippen LogP contribution >= 0.6 is 24.0 Å². The molecule has 1 unspecified atom stereocenters. The molecular formula is C63H74N6O4S2. The van der Waals surface area contributed by atoms with Crippen LogP contribution in [0.2, 0.25) is 0 Å². The highest BCUT2D eigenvalue weighted by Crippen LogP contribution is 2.54. The molecule has 0 bridgehead atoms. The number of rotatable bonds is 9. The second kappa shape index (κ2) is 22.3. The van der Waals surface area contributed by atoms with E-state index in [1.807, 2.05) is 30.0 Å². The van der Waals surface area contributed by atoms with Gasteiger partial charge in [-0.1, -0.05) is 149 Å². The first kappa shape index (κ1) is 52.5. The summed E-state index contributed by atoms with van der Waals surface area (Å²) in [5.41, 5.74) is 13.2. The first-order valence-corrected chi connectivity index (χ1v) is 29.3. The van der Waals surface area contributed by atoms with Crippen LogP contribution in [0, 0.1) is 10.2 Å². The minimum absolute atomic E-state index is 0.00875. The normalized spacial score (nSPS) is 20.0. The van der Waals surface area contributed by atoms with Gasteiger partial charge in [-0.15, -0.1) is 31.5 Å². The highest BCUT2D eigenvalue weighted by molar-refractivity contribution is 7.99. The molecule has 5 aromatic rings. The second-order valence-electron chi connectivity index (χ2n) is 21.9. The molecule has 3 heterocycles. The molecule has 0 radical (unpaired) electrons. The summed E-state index contributed by atoms with van der Waals surface area (Å²) in [6.45, 7) is 15.3. The third kappa shape index (κ3) is 9.57. The smallest absolute Gasteiger partial charge is 0.300 e. The Morgan fingerprint density at radius 3 is 1.71 bits per heavy atom. The van der Waals surface area contributed by atoms with Gasteiger partial charge in [-0.05, 0) is 99.9 Å². The highest BCUT2D eigenvalue weighted by atomic mass is 32.2. The van der Waals surface area contributed by atoms with Gasteiger partial charge < -0.3 is 19.9 Å². The van der Waals surface area contributed by atoms with E-state index >= 15 is 0 Å². The van der Waals surface area contributed by atoms with Crippen molar-refractivity contribution in [3.8, 4) is 28.5 Å². The first-order valence-electron chi connectivity index (χ1n) is 27.6. The van der Waals surface area contributed by atoms with E-state index in [4.69, 9.17) is 21.9 Å². The molecule has 10 nitrogen and oxygen atoms in total. The minimum atomic E-state index is -0.0836. The maximum atomic E-state index is 13.6. The van der Waals surface area contributed by atoms with E-state index in [0.29, 0.717) is 37.0 Å². The van der Waals surface area contributed by atoms with Crippen molar-refractivity contribution in [3.05, 3.63) is 175 Å². The van der Waals surface area contributed by atoms with E-state index in [1.165, 1.54) is 80.0 Å². The number of benzene rings is 3. The lowest BCUT2D eigenvalue weighted by Crippen LogP contribution is -2.55. The van der Waals surface area contributed by atoms with Crippen LogP contribution in [0.3, 0.4) is 0 Å². The number of allylic oxidation sites excluding steroid dienone is 2. The van der Waals surface area contributed by atoms with Gasteiger partial charge in [0.25, 0.3) is 23.0 Å². The van der Waals surface area contributed by atoms with Crippen LogP contribution in [0.25, 0.3) is 28.2 Å². The van der Waals surface area contributed by atoms with Gasteiger partial charge in [0.05, 0.1) is 29.3 Å². The van der Waals surface area contributed by atoms with Crippen molar-refractivity contribution >= 4 is 35.6 Å². The van der Waals surface area contributed by atoms with Crippen LogP contribution in [0.4, 0.5) is 0 Å². The zero-order valence-electron chi connectivity index (χ0n) is 44.2. The Hall–Kier alpha value is -5.98. The fourth-order valence-corrected chi connectivity index (χ4v) is 15.1. The number of thioether (sulfide) groups is 1. The van der Waals surface area contributed by atoms with E-state index in [2.05, 4.69) is 97.0 Å². The van der Waals surface area contributed by atoms with Crippen LogP contribution < -0.4 is 21.2 Å². The summed E-state index contributed by atoms with van der Waals surface area (Å²) >= 11 is 7.14. The highest BCUT2D eigenvalue weighted by Gasteiger charge is 2.49. The Kier molecular flexibility index (Phi) is 15.6. The first-order chi connectivity index (χ1) is 36.6. The van der Waals surface area contributed by atoms with Crippen molar-refractivity contribution in [2.24, 2.45) is 5.41 Å². The third-order valence-electron chi connectivity index (χ3n) is 17.5. The fraction of sp³-hybridized carbons (Fsp3) is 0.444. The lowest BCUT2D eigenvalue weighted by Gasteiger charge is -2.49. The standard InChI is InChI=1S/C22H26N2O2.C21H26N2OS.C20H22N2OS/c1-3-14-24-20(25)18-19(23-21(24)26-4-2)17-11-7-6-10-16(17)15-22(18)12-8-5-9-13-22;1-3-13-23-19(24)17-18(22-20(23)25-2)16-10-6-5-9-15(16)14-21(17)11-7-4-8-12-21;1-2-12-22-18(23)16-17(21-19(22)24)15-9-5-4-8-14(15)13-20(16)10-6-3-7-11-20/h3,6-7,10-11H,1,4-5,8-9,12-15H2,2H3;3,5-6,9-10,20,22H,1,4,7-8,11-14H2,2H3;2,4-5,8-9H,1,3,6-7,10-13H2,(H,21,24). The zero-order chi connectivity index (χ0) is 52.3. The van der Waals surface area contributed by atoms with Crippen LogP contribution in [-0.2, 0) is 48.0 Å². The Labute approximate surface area is 452 Å². The predicted molar refractivity (Wildman–Crippen MR) is 309 cm³/mol. The van der Waals surface area contributed by atoms with Gasteiger partial charge in [0.2, 0.25) is 0 Å². The van der Waals surface area contributed by atoms with Crippen molar-refractivity contribution in [2.75, 3.05) is 19.4 Å². The lowest BCUT2D eigenvalue weighted by atomic mass is 9.61. The van der Waals surface area contributed by atoms with Gasteiger partial charge in [0, 0.05) is 63.7 Å². The maximum absolute atomic E-state index is 13.6. The summed E-state index contributed by atoms with van der Waals surface area (Å²) in [5, 5.41) is 3.70. The van der Waals surface area contributed by atoms with E-state index in [-0.39, 0.29) is 38.8 Å². The van der Waals surface area contributed by atoms with Crippen LogP contribution in [0.15, 0.2) is 126 Å². The summed E-state index contributed by atoms with van der Waals surface area (Å²) in [7, 11) is 0. The monoisotopic (exact) mass is 1040 g/mol. The van der Waals surface area contributed by atoms with Crippen molar-refractivity contribution in [3.63, 3.8) is 0 Å². The molecule has 1 amide bonds. The van der Waals surface area contributed by atoms with Crippen molar-refractivity contribution in [1.29, 1.82) is 0 Å². The molecule has 7 aliphatic rings. The molecule has 1 aliphatic heterocycles. The van der Waals surface area contributed by atoms with Crippen LogP contribution in [0.1, 0.15) is 137 Å². The average molecular weight is 1040 g/mol. The summed E-state index contributed by atoms with van der Waals surface area (Å²) in [6.07, 6.45) is 27.8. The predicted octanol–water partition coefficient (Wildman–Crippen LogP) is 12.9. The molecule has 0 saturated heterocycles. The molecule has 12 rings (SSSR count). The van der Waals surface area contributed by atoms with Gasteiger partial charge in [-0.3, -0.25) is 23.5 Å². The Balaban J connectivity index is 0.000000128. The molecule has 2 aromatic heterocycles. The Morgan fingerprint density at radius 2 is 1.13 bits per heavy atom. The lowest BCUT2D eigenvalue weighted by molar-refractivity contribution is -0.129. The number of hydrogen-bond donors (Lipinski definition) is 2. The molecule has 6 aliphatic carbocycles. The largest absolute Gasteiger partial charge is 0.465 e. The van der Waals surface area contributed by atoms with Crippen LogP contribution in [0.5, 0.6) is 6.01 Å². The number of H-pyrrole nitrogens is 1. The van der Waals surface area contributed by atoms with Gasteiger partial charge in [-0.2, -0.15) is 4.98 Å². The third-order valence-corrected chi connectivity index (χ3v) is 18.6. The average Bonchev–Trinajstić information content (AvgIpc) is 3.42. The van der Waals surface area contributed by atoms with E-state index in [0.717, 1.165) is 103 Å². The van der Waals surface area contributed by atoms with E-state index < -0.39 is 0 Å². The quantitative estimate of drug-likeness (QED) is 0.111. The second-order valence-corrected chi connectivity index (χ2v) is 23.2. The molecule has 12 heteroatoms. The fourth-order valence-electron chi connectivity index (χ4n) is 14.2. The Morgan fingerprint density at radius 1 is 0.653 bits per heavy atom. The van der Waals surface area contributed by atoms with Gasteiger partial charge in [-0.25, -0.2) is 0 Å². The number of amides is 1. The topological polar surface area (TPSA) is 114 Å². The van der Waals surface area contributed by atoms with E-state index in [9.17, 15) is 14.4 Å². The van der Waals surface area contributed by atoms with Crippen LogP contribution in [-0.4, -0.2) is 54.8 Å². The molecule has 392 valence electrons. The molecule has 75 heavy (non-hydrogen) atoms. The molecule has 3 fully saturated rings. The van der Waals surface area contributed by atoms with Gasteiger partial charge in [0.15, 0.2) is 10.3 Å². The number of aromatic nitrogens is 4. The maximum Gasteiger partial charge on any atom is 0.300 e. The number of ether oxygens (including phenoxy) is 1. The number of nitrogens with zero attached hydrogens (tertiary/aromatic N) is 4. The number of nitrogens with one attached hydrogen (secondary N) is 2. The summed E-state index contributed by atoms with van der Waals surface area (Å²) in [4.78, 5) is 50.7. The van der Waals surface area contributed by atoms with Gasteiger partial charge in [0.1, 0.15) is 0 Å². The molecule has 3 aromatic carbocycles. The number of carbonyl (C=O) groups excluding carboxylic acids is 1. The summed E-state index contributed by atoms with van der Waals surface area (Å²) in [5.74, 6) is 0.212. The number of hydrogen-bond acceptors (Lipinski definition) is 8. The van der Waals surface area contributed by atoms with E-state index in [1.54, 1.807) is 33.0 Å². The Bertz CT molecular complexity index is 3220.